The van der Waals surface area contributed by atoms with Crippen LogP contribution in [0.15, 0.2) is 12.2 Å². The van der Waals surface area contributed by atoms with Gasteiger partial charge in [0.1, 0.15) is 11.8 Å². The summed E-state index contributed by atoms with van der Waals surface area (Å²) in [6, 6.07) is 0. The van der Waals surface area contributed by atoms with Crippen LogP contribution in [0.4, 0.5) is 18.0 Å². The molecular formula is C26H39F3N4O7. The number of piperidine rings is 2. The van der Waals surface area contributed by atoms with E-state index >= 15 is 0 Å². The normalized spacial score (nSPS) is 19.6. The Bertz CT molecular complexity index is 957. The summed E-state index contributed by atoms with van der Waals surface area (Å²) in [4.78, 5) is 64.2. The van der Waals surface area contributed by atoms with Gasteiger partial charge in [0.15, 0.2) is 0 Å². The van der Waals surface area contributed by atoms with Crippen LogP contribution in [0.5, 0.6) is 0 Å². The maximum absolute atomic E-state index is 12.8. The Hall–Kier alpha value is -3.32. The number of esters is 1. The molecule has 0 aromatic heterocycles. The van der Waals surface area contributed by atoms with Gasteiger partial charge in [-0.25, -0.2) is 4.79 Å². The molecule has 2 saturated heterocycles. The third-order valence-electron chi connectivity index (χ3n) is 6.36. The molecule has 226 valence electrons. The Morgan fingerprint density at radius 3 is 2.20 bits per heavy atom. The summed E-state index contributed by atoms with van der Waals surface area (Å²) in [6.07, 6.45) is -2.45. The summed E-state index contributed by atoms with van der Waals surface area (Å²) >= 11 is 0. The van der Waals surface area contributed by atoms with Crippen molar-refractivity contribution < 1.29 is 46.6 Å². The Morgan fingerprint density at radius 1 is 0.975 bits per heavy atom. The molecular weight excluding hydrogens is 537 g/mol. The summed E-state index contributed by atoms with van der Waals surface area (Å²) in [5.41, 5.74) is -0.581. The number of alkyl halides is 3. The van der Waals surface area contributed by atoms with Crippen LogP contribution in [0.2, 0.25) is 0 Å². The van der Waals surface area contributed by atoms with Gasteiger partial charge in [-0.1, -0.05) is 6.08 Å². The molecule has 2 fully saturated rings. The molecule has 0 saturated carbocycles. The zero-order valence-electron chi connectivity index (χ0n) is 23.3. The second-order valence-corrected chi connectivity index (χ2v) is 10.8. The highest BCUT2D eigenvalue weighted by Crippen LogP contribution is 2.22. The average molecular weight is 577 g/mol. The third kappa shape index (κ3) is 11.0. The summed E-state index contributed by atoms with van der Waals surface area (Å²) < 4.78 is 48.3. The standard InChI is InChI=1S/C26H39F3N4O7/c1-5-39-21(35)15-19(31-23(37)26(27,28)29)30-22(36)18-7-6-12-33(16-18)20(34)9-8-17-10-13-32(14-11-17)24(38)40-25(2,3)4/h8-9,17-19H,5-7,10-16H2,1-4H3,(H,30,36)(H,31,37)/b9-8+/t18-,19+/m1/s1. The second kappa shape index (κ2) is 14.4. The van der Waals surface area contributed by atoms with Crippen LogP contribution in [-0.4, -0.2) is 90.3 Å². The number of likely N-dealkylation sites (tertiary alicyclic amines) is 2. The lowest BCUT2D eigenvalue weighted by atomic mass is 9.95. The highest BCUT2D eigenvalue weighted by Gasteiger charge is 2.41. The molecule has 4 amide bonds. The van der Waals surface area contributed by atoms with Crippen LogP contribution in [0.25, 0.3) is 0 Å². The molecule has 0 aliphatic carbocycles. The van der Waals surface area contributed by atoms with E-state index in [-0.39, 0.29) is 31.1 Å². The molecule has 2 rings (SSSR count). The van der Waals surface area contributed by atoms with Crippen molar-refractivity contribution in [3.05, 3.63) is 12.2 Å². The van der Waals surface area contributed by atoms with Gasteiger partial charge < -0.3 is 29.9 Å². The van der Waals surface area contributed by atoms with Crippen molar-refractivity contribution >= 4 is 29.8 Å². The zero-order valence-corrected chi connectivity index (χ0v) is 23.3. The van der Waals surface area contributed by atoms with Crippen molar-refractivity contribution in [1.29, 1.82) is 0 Å². The minimum atomic E-state index is -5.20. The van der Waals surface area contributed by atoms with Crippen molar-refractivity contribution in [3.8, 4) is 0 Å². The third-order valence-corrected chi connectivity index (χ3v) is 6.36. The first-order valence-electron chi connectivity index (χ1n) is 13.4. The summed E-state index contributed by atoms with van der Waals surface area (Å²) in [7, 11) is 0. The maximum atomic E-state index is 12.8. The van der Waals surface area contributed by atoms with Crippen LogP contribution in [0.1, 0.15) is 59.8 Å². The largest absolute Gasteiger partial charge is 0.471 e. The average Bonchev–Trinajstić information content (AvgIpc) is 2.86. The molecule has 11 nitrogen and oxygen atoms in total. The molecule has 0 aromatic rings. The Labute approximate surface area is 231 Å². The fraction of sp³-hybridized carbons (Fsp3) is 0.731. The summed E-state index contributed by atoms with van der Waals surface area (Å²) in [6.45, 7) is 8.32. The Morgan fingerprint density at radius 2 is 1.62 bits per heavy atom. The van der Waals surface area contributed by atoms with E-state index in [1.165, 1.54) is 17.9 Å². The van der Waals surface area contributed by atoms with Gasteiger partial charge in [-0.05, 0) is 65.4 Å². The molecule has 0 radical (unpaired) electrons. The van der Waals surface area contributed by atoms with E-state index in [2.05, 4.69) is 5.32 Å². The number of nitrogens with one attached hydrogen (secondary N) is 2. The molecule has 2 heterocycles. The van der Waals surface area contributed by atoms with Crippen molar-refractivity contribution in [2.75, 3.05) is 32.8 Å². The van der Waals surface area contributed by atoms with Gasteiger partial charge in [0.2, 0.25) is 11.8 Å². The Balaban J connectivity index is 1.91. The van der Waals surface area contributed by atoms with Gasteiger partial charge in [-0.3, -0.25) is 19.2 Å². The summed E-state index contributed by atoms with van der Waals surface area (Å²) in [5.74, 6) is -4.83. The molecule has 0 aromatic carbocycles. The van der Waals surface area contributed by atoms with Gasteiger partial charge in [0.25, 0.3) is 0 Å². The minimum Gasteiger partial charge on any atom is -0.466 e. The number of carbonyl (C=O) groups is 5. The first kappa shape index (κ1) is 32.9. The van der Waals surface area contributed by atoms with Crippen molar-refractivity contribution in [2.45, 2.75) is 77.7 Å². The number of hydrogen-bond acceptors (Lipinski definition) is 7. The lowest BCUT2D eigenvalue weighted by molar-refractivity contribution is -0.175. The topological polar surface area (TPSA) is 134 Å². The number of halogens is 3. The smallest absolute Gasteiger partial charge is 0.466 e. The first-order chi connectivity index (χ1) is 18.6. The number of amides is 4. The molecule has 14 heteroatoms. The number of carbonyl (C=O) groups excluding carboxylic acids is 5. The molecule has 2 N–H and O–H groups in total. The monoisotopic (exact) mass is 576 g/mol. The number of rotatable bonds is 8. The number of ether oxygens (including phenoxy) is 2. The lowest BCUT2D eigenvalue weighted by Gasteiger charge is -2.33. The fourth-order valence-electron chi connectivity index (χ4n) is 4.37. The van der Waals surface area contributed by atoms with E-state index in [4.69, 9.17) is 9.47 Å². The van der Waals surface area contributed by atoms with E-state index in [9.17, 15) is 37.1 Å². The fourth-order valence-corrected chi connectivity index (χ4v) is 4.37. The van der Waals surface area contributed by atoms with E-state index < -0.39 is 48.1 Å². The van der Waals surface area contributed by atoms with Crippen LogP contribution >= 0.6 is 0 Å². The molecule has 2 aliphatic rings. The molecule has 2 atom stereocenters. The quantitative estimate of drug-likeness (QED) is 0.258. The number of nitrogens with zero attached hydrogens (tertiary/aromatic N) is 2. The van der Waals surface area contributed by atoms with Gasteiger partial charge in [-0.15, -0.1) is 0 Å². The molecule has 0 unspecified atom stereocenters. The van der Waals surface area contributed by atoms with E-state index in [0.29, 0.717) is 45.3 Å². The number of hydrogen-bond donors (Lipinski definition) is 2. The SMILES string of the molecule is CCOC(=O)C[C@@H](NC(=O)[C@@H]1CCCN(C(=O)/C=C/C2CCN(C(=O)OC(C)(C)C)CC2)C1)NC(=O)C(F)(F)F. The zero-order chi connectivity index (χ0) is 30.1. The van der Waals surface area contributed by atoms with E-state index in [1.54, 1.807) is 37.1 Å². The van der Waals surface area contributed by atoms with Crippen LogP contribution in [0, 0.1) is 11.8 Å². The van der Waals surface area contributed by atoms with Gasteiger partial charge in [0.05, 0.1) is 18.9 Å². The predicted octanol–water partition coefficient (Wildman–Crippen LogP) is 2.50. The van der Waals surface area contributed by atoms with Crippen LogP contribution in [-0.2, 0) is 28.7 Å². The molecule has 40 heavy (non-hydrogen) atoms. The van der Waals surface area contributed by atoms with Crippen molar-refractivity contribution in [2.24, 2.45) is 11.8 Å². The highest BCUT2D eigenvalue weighted by molar-refractivity contribution is 5.89. The van der Waals surface area contributed by atoms with Crippen LogP contribution in [0.3, 0.4) is 0 Å². The van der Waals surface area contributed by atoms with Crippen molar-refractivity contribution in [3.63, 3.8) is 0 Å². The van der Waals surface area contributed by atoms with E-state index in [0.717, 1.165) is 0 Å². The van der Waals surface area contributed by atoms with Gasteiger partial charge >= 0.3 is 24.1 Å². The van der Waals surface area contributed by atoms with Gasteiger partial charge in [0, 0.05) is 26.2 Å². The van der Waals surface area contributed by atoms with Gasteiger partial charge in [-0.2, -0.15) is 13.2 Å². The van der Waals surface area contributed by atoms with E-state index in [1.807, 2.05) is 0 Å². The first-order valence-corrected chi connectivity index (χ1v) is 13.4. The lowest BCUT2D eigenvalue weighted by Crippen LogP contribution is -2.55. The highest BCUT2D eigenvalue weighted by atomic mass is 19.4. The maximum Gasteiger partial charge on any atom is 0.471 e. The molecule has 2 aliphatic heterocycles. The van der Waals surface area contributed by atoms with Crippen molar-refractivity contribution in [1.82, 2.24) is 20.4 Å². The minimum absolute atomic E-state index is 0.0250. The predicted molar refractivity (Wildman–Crippen MR) is 136 cm³/mol. The molecule has 0 bridgehead atoms. The Kier molecular flexibility index (Phi) is 11.8. The van der Waals surface area contributed by atoms with Crippen LogP contribution < -0.4 is 10.6 Å². The second-order valence-electron chi connectivity index (χ2n) is 10.8. The number of allylic oxidation sites excluding steroid dienone is 1. The summed E-state index contributed by atoms with van der Waals surface area (Å²) in [5, 5.41) is 3.89. The molecule has 0 spiro atoms.